The Morgan fingerprint density at radius 3 is 2.67 bits per heavy atom. The monoisotopic (exact) mass is 447 g/mol. The van der Waals surface area contributed by atoms with Crippen molar-refractivity contribution in [3.05, 3.63) is 60.4 Å². The summed E-state index contributed by atoms with van der Waals surface area (Å²) in [5.74, 6) is 0.274. The number of aryl methyl sites for hydroxylation is 2. The third kappa shape index (κ3) is 5.12. The molecular weight excluding hydrogens is 422 g/mol. The SMILES string of the molecule is Cc1ccc(NC(=O)C(COC(C)C)Oc2ncnc3c2cnn3-c2ccncc2C)nc1. The summed E-state index contributed by atoms with van der Waals surface area (Å²) in [6, 6.07) is 5.45. The summed E-state index contributed by atoms with van der Waals surface area (Å²) in [7, 11) is 0. The van der Waals surface area contributed by atoms with E-state index >= 15 is 0 Å². The summed E-state index contributed by atoms with van der Waals surface area (Å²) in [5.41, 5.74) is 3.33. The first kappa shape index (κ1) is 22.3. The third-order valence-electron chi connectivity index (χ3n) is 4.84. The van der Waals surface area contributed by atoms with Crippen LogP contribution in [0.3, 0.4) is 0 Å². The van der Waals surface area contributed by atoms with E-state index in [9.17, 15) is 4.79 Å². The molecule has 0 aromatic carbocycles. The largest absolute Gasteiger partial charge is 0.461 e. The zero-order valence-corrected chi connectivity index (χ0v) is 18.9. The topological polar surface area (TPSA) is 117 Å². The van der Waals surface area contributed by atoms with Crippen molar-refractivity contribution in [2.75, 3.05) is 11.9 Å². The molecule has 0 spiro atoms. The van der Waals surface area contributed by atoms with Crippen LogP contribution in [0.2, 0.25) is 0 Å². The standard InChI is InChI=1S/C23H25N7O3/c1-14(2)32-12-19(22(31)29-20-6-5-15(3)9-25-20)33-23-17-11-28-30(21(17)26-13-27-23)18-7-8-24-10-16(18)4/h5-11,13-14,19H,12H2,1-4H3,(H,25,29,31). The van der Waals surface area contributed by atoms with Crippen molar-refractivity contribution >= 4 is 22.8 Å². The van der Waals surface area contributed by atoms with Gasteiger partial charge in [-0.05, 0) is 51.0 Å². The van der Waals surface area contributed by atoms with E-state index in [0.717, 1.165) is 16.8 Å². The Hall–Kier alpha value is -3.92. The lowest BCUT2D eigenvalue weighted by Gasteiger charge is -2.19. The van der Waals surface area contributed by atoms with Crippen LogP contribution in [0.1, 0.15) is 25.0 Å². The first-order valence-corrected chi connectivity index (χ1v) is 10.5. The van der Waals surface area contributed by atoms with Crippen LogP contribution in [0, 0.1) is 13.8 Å². The zero-order valence-electron chi connectivity index (χ0n) is 18.9. The Labute approximate surface area is 191 Å². The molecule has 4 aromatic heterocycles. The van der Waals surface area contributed by atoms with Gasteiger partial charge in [-0.3, -0.25) is 9.78 Å². The Morgan fingerprint density at radius 1 is 1.09 bits per heavy atom. The van der Waals surface area contributed by atoms with Crippen LogP contribution >= 0.6 is 0 Å². The molecule has 4 heterocycles. The Balaban J connectivity index is 1.62. The summed E-state index contributed by atoms with van der Waals surface area (Å²) >= 11 is 0. The van der Waals surface area contributed by atoms with Crippen LogP contribution < -0.4 is 10.1 Å². The first-order valence-electron chi connectivity index (χ1n) is 10.5. The van der Waals surface area contributed by atoms with Crippen molar-refractivity contribution in [1.29, 1.82) is 0 Å². The number of hydrogen-bond donors (Lipinski definition) is 1. The number of carbonyl (C=O) groups is 1. The third-order valence-corrected chi connectivity index (χ3v) is 4.84. The lowest BCUT2D eigenvalue weighted by atomic mass is 10.2. The number of amides is 1. The van der Waals surface area contributed by atoms with Crippen molar-refractivity contribution in [2.45, 2.75) is 39.9 Å². The lowest BCUT2D eigenvalue weighted by Crippen LogP contribution is -2.38. The maximum Gasteiger partial charge on any atom is 0.269 e. The molecule has 1 amide bonds. The van der Waals surface area contributed by atoms with Crippen LogP contribution in [0.15, 0.2) is 49.3 Å². The summed E-state index contributed by atoms with van der Waals surface area (Å²) in [6.07, 6.45) is 7.08. The molecule has 33 heavy (non-hydrogen) atoms. The number of hydrogen-bond acceptors (Lipinski definition) is 8. The number of anilines is 1. The highest BCUT2D eigenvalue weighted by molar-refractivity contribution is 5.94. The molecule has 0 aliphatic rings. The van der Waals surface area contributed by atoms with E-state index in [-0.39, 0.29) is 18.6 Å². The molecule has 0 saturated heterocycles. The number of ether oxygens (including phenoxy) is 2. The Kier molecular flexibility index (Phi) is 6.55. The molecule has 0 saturated carbocycles. The van der Waals surface area contributed by atoms with Crippen molar-refractivity contribution in [2.24, 2.45) is 0 Å². The van der Waals surface area contributed by atoms with Crippen LogP contribution in [-0.2, 0) is 9.53 Å². The van der Waals surface area contributed by atoms with Crippen LogP contribution in [0.5, 0.6) is 5.88 Å². The lowest BCUT2D eigenvalue weighted by molar-refractivity contribution is -0.126. The highest BCUT2D eigenvalue weighted by Crippen LogP contribution is 2.25. The van der Waals surface area contributed by atoms with E-state index in [0.29, 0.717) is 16.9 Å². The van der Waals surface area contributed by atoms with E-state index in [1.807, 2.05) is 39.8 Å². The van der Waals surface area contributed by atoms with E-state index < -0.39 is 12.0 Å². The Bertz CT molecular complexity index is 1250. The zero-order chi connectivity index (χ0) is 23.4. The van der Waals surface area contributed by atoms with Gasteiger partial charge in [0, 0.05) is 18.6 Å². The first-order chi connectivity index (χ1) is 15.9. The molecule has 0 bridgehead atoms. The summed E-state index contributed by atoms with van der Waals surface area (Å²) < 4.78 is 13.4. The van der Waals surface area contributed by atoms with Crippen molar-refractivity contribution in [3.8, 4) is 11.6 Å². The van der Waals surface area contributed by atoms with E-state index in [1.165, 1.54) is 6.33 Å². The van der Waals surface area contributed by atoms with Crippen molar-refractivity contribution in [1.82, 2.24) is 29.7 Å². The van der Waals surface area contributed by atoms with Gasteiger partial charge in [0.2, 0.25) is 12.0 Å². The molecule has 0 radical (unpaired) electrons. The van der Waals surface area contributed by atoms with Gasteiger partial charge in [0.05, 0.1) is 24.6 Å². The van der Waals surface area contributed by atoms with Crippen LogP contribution in [-0.4, -0.2) is 54.4 Å². The van der Waals surface area contributed by atoms with E-state index in [1.54, 1.807) is 35.5 Å². The molecule has 0 aliphatic heterocycles. The smallest absolute Gasteiger partial charge is 0.269 e. The van der Waals surface area contributed by atoms with Gasteiger partial charge in [0.1, 0.15) is 17.5 Å². The summed E-state index contributed by atoms with van der Waals surface area (Å²) in [4.78, 5) is 30.0. The molecule has 1 atom stereocenters. The average molecular weight is 447 g/mol. The fraction of sp³-hybridized carbons (Fsp3) is 0.304. The predicted molar refractivity (Wildman–Crippen MR) is 122 cm³/mol. The summed E-state index contributed by atoms with van der Waals surface area (Å²) in [5, 5.41) is 7.80. The molecule has 4 aromatic rings. The van der Waals surface area contributed by atoms with Gasteiger partial charge < -0.3 is 14.8 Å². The number of carbonyl (C=O) groups excluding carboxylic acids is 1. The normalized spacial score (nSPS) is 12.2. The van der Waals surface area contributed by atoms with Gasteiger partial charge >= 0.3 is 0 Å². The average Bonchev–Trinajstić information content (AvgIpc) is 3.23. The second-order valence-corrected chi connectivity index (χ2v) is 7.83. The van der Waals surface area contributed by atoms with Gasteiger partial charge in [-0.15, -0.1) is 0 Å². The van der Waals surface area contributed by atoms with Gasteiger partial charge in [0.15, 0.2) is 5.65 Å². The fourth-order valence-electron chi connectivity index (χ4n) is 3.12. The quantitative estimate of drug-likeness (QED) is 0.438. The maximum absolute atomic E-state index is 13.0. The predicted octanol–water partition coefficient (Wildman–Crippen LogP) is 3.03. The van der Waals surface area contributed by atoms with Gasteiger partial charge in [-0.2, -0.15) is 5.10 Å². The number of nitrogens with one attached hydrogen (secondary N) is 1. The molecule has 0 aliphatic carbocycles. The number of aromatic nitrogens is 6. The van der Waals surface area contributed by atoms with E-state index in [2.05, 4.69) is 30.4 Å². The van der Waals surface area contributed by atoms with Crippen LogP contribution in [0.4, 0.5) is 5.82 Å². The van der Waals surface area contributed by atoms with Gasteiger partial charge in [-0.25, -0.2) is 19.6 Å². The minimum absolute atomic E-state index is 0.0401. The molecule has 10 nitrogen and oxygen atoms in total. The second-order valence-electron chi connectivity index (χ2n) is 7.83. The molecule has 1 unspecified atom stereocenters. The second kappa shape index (κ2) is 9.70. The Morgan fingerprint density at radius 2 is 1.94 bits per heavy atom. The number of pyridine rings is 2. The maximum atomic E-state index is 13.0. The van der Waals surface area contributed by atoms with Crippen LogP contribution in [0.25, 0.3) is 16.7 Å². The van der Waals surface area contributed by atoms with Crippen molar-refractivity contribution < 1.29 is 14.3 Å². The molecule has 170 valence electrons. The molecular formula is C23H25N7O3. The molecule has 0 fully saturated rings. The minimum atomic E-state index is -0.959. The minimum Gasteiger partial charge on any atom is -0.461 e. The number of fused-ring (bicyclic) bond motifs is 1. The number of rotatable bonds is 8. The highest BCUT2D eigenvalue weighted by atomic mass is 16.5. The highest BCUT2D eigenvalue weighted by Gasteiger charge is 2.25. The summed E-state index contributed by atoms with van der Waals surface area (Å²) in [6.45, 7) is 7.69. The van der Waals surface area contributed by atoms with Gasteiger partial charge in [-0.1, -0.05) is 6.07 Å². The number of nitrogens with zero attached hydrogens (tertiary/aromatic N) is 6. The molecule has 10 heteroatoms. The molecule has 4 rings (SSSR count). The fourth-order valence-corrected chi connectivity index (χ4v) is 3.12. The molecule has 1 N–H and O–H groups in total. The van der Waals surface area contributed by atoms with Crippen molar-refractivity contribution in [3.63, 3.8) is 0 Å². The van der Waals surface area contributed by atoms with E-state index in [4.69, 9.17) is 9.47 Å². The van der Waals surface area contributed by atoms with Gasteiger partial charge in [0.25, 0.3) is 5.91 Å².